The van der Waals surface area contributed by atoms with Crippen LogP contribution in [0.5, 0.6) is 0 Å². The second-order valence-corrected chi connectivity index (χ2v) is 12.3. The van der Waals surface area contributed by atoms with Crippen LogP contribution in [0.1, 0.15) is 27.9 Å². The van der Waals surface area contributed by atoms with Crippen molar-refractivity contribution < 1.29 is 38.6 Å². The van der Waals surface area contributed by atoms with Crippen molar-refractivity contribution in [1.29, 1.82) is 0 Å². The number of β-lactam (4-membered cyclic amide) rings is 1. The van der Waals surface area contributed by atoms with Crippen LogP contribution in [-0.2, 0) is 35.1 Å². The maximum atomic E-state index is 12.9. The number of benzene rings is 1. The second-order valence-electron chi connectivity index (χ2n) is 8.56. The van der Waals surface area contributed by atoms with Gasteiger partial charge in [-0.3, -0.25) is 19.3 Å². The Morgan fingerprint density at radius 2 is 1.95 bits per heavy atom. The summed E-state index contributed by atoms with van der Waals surface area (Å²) in [5, 5.41) is 20.8. The molecule has 2 aliphatic rings. The monoisotopic (exact) mass is 626 g/mol. The molecule has 2 amide bonds. The van der Waals surface area contributed by atoms with Gasteiger partial charge < -0.3 is 19.9 Å². The quantitative estimate of drug-likeness (QED) is 0.123. The van der Waals surface area contributed by atoms with Gasteiger partial charge in [-0.2, -0.15) is 0 Å². The molecular formula is C24H23ClN4O8S3. The molecule has 2 N–H and O–H groups in total. The molecule has 0 saturated carbocycles. The first-order chi connectivity index (χ1) is 19.1. The Hall–Kier alpha value is -3.14. The van der Waals surface area contributed by atoms with Gasteiger partial charge in [0.25, 0.3) is 5.91 Å². The summed E-state index contributed by atoms with van der Waals surface area (Å²) in [5.41, 5.74) is 1.31. The Balaban J connectivity index is 1.32. The minimum absolute atomic E-state index is 0.0535. The maximum absolute atomic E-state index is 12.9. The van der Waals surface area contributed by atoms with Gasteiger partial charge in [-0.15, -0.1) is 33.6 Å². The number of amides is 2. The molecule has 16 heteroatoms. The van der Waals surface area contributed by atoms with Crippen molar-refractivity contribution in [3.05, 3.63) is 51.7 Å². The van der Waals surface area contributed by atoms with Crippen LogP contribution in [0.25, 0.3) is 0 Å². The molecule has 1 aromatic carbocycles. The minimum Gasteiger partial charge on any atom is -0.477 e. The Bertz CT molecular complexity index is 1370. The van der Waals surface area contributed by atoms with E-state index in [2.05, 4.69) is 15.5 Å². The number of nitrogens with zero attached hydrogens (tertiary/aromatic N) is 3. The van der Waals surface area contributed by atoms with Crippen molar-refractivity contribution in [2.75, 3.05) is 17.4 Å². The van der Waals surface area contributed by atoms with Gasteiger partial charge in [0.1, 0.15) is 28.0 Å². The lowest BCUT2D eigenvalue weighted by molar-refractivity contribution is -0.162. The summed E-state index contributed by atoms with van der Waals surface area (Å²) in [6.07, 6.45) is -1.18. The highest BCUT2D eigenvalue weighted by atomic mass is 35.5. The van der Waals surface area contributed by atoms with E-state index in [1.165, 1.54) is 58.8 Å². The fourth-order valence-electron chi connectivity index (χ4n) is 3.91. The smallest absolute Gasteiger partial charge is 0.352 e. The SMILES string of the molecule is Cc1nnc(SCC2=C(C(=O)O)N3C(=O)C(NC(=O)Cc4ccc(C(=O)OC(C)OC(=O)CCl)cc4)[C@@H]3SC2)s1. The number of aromatic nitrogens is 2. The molecule has 0 bridgehead atoms. The van der Waals surface area contributed by atoms with E-state index >= 15 is 0 Å². The molecule has 3 atom stereocenters. The lowest BCUT2D eigenvalue weighted by Crippen LogP contribution is -2.70. The van der Waals surface area contributed by atoms with E-state index in [-0.39, 0.29) is 23.6 Å². The average Bonchev–Trinajstić information content (AvgIpc) is 3.34. The van der Waals surface area contributed by atoms with Gasteiger partial charge in [0, 0.05) is 18.4 Å². The number of carboxylic acid groups (broad SMARTS) is 1. The van der Waals surface area contributed by atoms with Crippen LogP contribution in [0, 0.1) is 6.92 Å². The molecule has 4 rings (SSSR count). The van der Waals surface area contributed by atoms with E-state index < -0.39 is 47.4 Å². The topological polar surface area (TPSA) is 165 Å². The molecule has 12 nitrogen and oxygen atoms in total. The Morgan fingerprint density at radius 3 is 2.58 bits per heavy atom. The average molecular weight is 627 g/mol. The zero-order valence-corrected chi connectivity index (χ0v) is 24.3. The molecular weight excluding hydrogens is 604 g/mol. The summed E-state index contributed by atoms with van der Waals surface area (Å²) < 4.78 is 10.5. The summed E-state index contributed by atoms with van der Waals surface area (Å²) in [6.45, 7) is 3.21. The van der Waals surface area contributed by atoms with Crippen molar-refractivity contribution in [3.8, 4) is 0 Å². The molecule has 1 aromatic heterocycles. The molecule has 212 valence electrons. The second kappa shape index (κ2) is 13.0. The van der Waals surface area contributed by atoms with Gasteiger partial charge in [0.2, 0.25) is 12.2 Å². The molecule has 40 heavy (non-hydrogen) atoms. The number of aryl methyl sites for hydroxylation is 1. The van der Waals surface area contributed by atoms with Crippen LogP contribution in [0.2, 0.25) is 0 Å². The van der Waals surface area contributed by atoms with Crippen LogP contribution < -0.4 is 5.32 Å². The minimum atomic E-state index is -1.20. The predicted molar refractivity (Wildman–Crippen MR) is 147 cm³/mol. The number of rotatable bonds is 11. The summed E-state index contributed by atoms with van der Waals surface area (Å²) in [4.78, 5) is 62.2. The van der Waals surface area contributed by atoms with E-state index in [1.807, 2.05) is 6.92 Å². The third-order valence-corrected chi connectivity index (χ3v) is 9.29. The Labute approximate surface area is 245 Å². The van der Waals surface area contributed by atoms with Crippen LogP contribution in [-0.4, -0.2) is 85.0 Å². The lowest BCUT2D eigenvalue weighted by Gasteiger charge is -2.49. The molecule has 1 fully saturated rings. The van der Waals surface area contributed by atoms with E-state index in [9.17, 15) is 29.1 Å². The largest absolute Gasteiger partial charge is 0.477 e. The standard InChI is InChI=1S/C24H23ClN4O8S3/c1-11-27-28-24(40-11)39-10-15-9-38-21-18(20(32)29(21)19(15)22(33)34)26-16(30)7-13-3-5-14(6-4-13)23(35)37-12(2)36-17(31)8-25/h3-6,12,18,21H,7-10H2,1-2H3,(H,26,30)(H,33,34)/t12?,18?,21-/m0/s1. The van der Waals surface area contributed by atoms with E-state index in [1.54, 1.807) is 12.1 Å². The van der Waals surface area contributed by atoms with Crippen molar-refractivity contribution >= 4 is 76.2 Å². The first kappa shape index (κ1) is 29.8. The molecule has 2 aromatic rings. The third kappa shape index (κ3) is 6.95. The molecule has 1 saturated heterocycles. The number of carbonyl (C=O) groups excluding carboxylic acids is 4. The van der Waals surface area contributed by atoms with Gasteiger partial charge in [0.15, 0.2) is 4.34 Å². The predicted octanol–water partition coefficient (Wildman–Crippen LogP) is 2.20. The van der Waals surface area contributed by atoms with Crippen LogP contribution in [0.15, 0.2) is 39.9 Å². The summed E-state index contributed by atoms with van der Waals surface area (Å²) in [5.74, 6) is -3.17. The van der Waals surface area contributed by atoms with Crippen molar-refractivity contribution in [2.24, 2.45) is 0 Å². The number of halogens is 1. The molecule has 3 heterocycles. The first-order valence-electron chi connectivity index (χ1n) is 11.7. The number of ether oxygens (including phenoxy) is 2. The van der Waals surface area contributed by atoms with Gasteiger partial charge in [-0.05, 0) is 30.2 Å². The molecule has 2 aliphatic heterocycles. The van der Waals surface area contributed by atoms with Crippen molar-refractivity contribution in [1.82, 2.24) is 20.4 Å². The van der Waals surface area contributed by atoms with Gasteiger partial charge in [-0.25, -0.2) is 9.59 Å². The lowest BCUT2D eigenvalue weighted by atomic mass is 10.0. The summed E-state index contributed by atoms with van der Waals surface area (Å²) in [7, 11) is 0. The molecule has 2 unspecified atom stereocenters. The molecule has 0 radical (unpaired) electrons. The molecule has 0 aliphatic carbocycles. The van der Waals surface area contributed by atoms with Crippen molar-refractivity contribution in [3.63, 3.8) is 0 Å². The number of alkyl halides is 1. The van der Waals surface area contributed by atoms with Crippen LogP contribution in [0.4, 0.5) is 0 Å². The number of aliphatic carboxylic acids is 1. The number of thioether (sulfide) groups is 2. The summed E-state index contributed by atoms with van der Waals surface area (Å²) in [6, 6.07) is 5.19. The third-order valence-electron chi connectivity index (χ3n) is 5.68. The Morgan fingerprint density at radius 1 is 1.23 bits per heavy atom. The van der Waals surface area contributed by atoms with E-state index in [4.69, 9.17) is 21.1 Å². The number of fused-ring (bicyclic) bond motifs is 1. The first-order valence-corrected chi connectivity index (χ1v) is 15.1. The number of carbonyl (C=O) groups is 5. The number of hydrogen-bond acceptors (Lipinski definition) is 12. The van der Waals surface area contributed by atoms with Gasteiger partial charge >= 0.3 is 17.9 Å². The highest BCUT2D eigenvalue weighted by molar-refractivity contribution is 8.01. The fourth-order valence-corrected chi connectivity index (χ4v) is 7.27. The van der Waals surface area contributed by atoms with Gasteiger partial charge in [0.05, 0.1) is 12.0 Å². The summed E-state index contributed by atoms with van der Waals surface area (Å²) >= 11 is 9.52. The number of hydrogen-bond donors (Lipinski definition) is 2. The highest BCUT2D eigenvalue weighted by Gasteiger charge is 2.54. The fraction of sp³-hybridized carbons (Fsp3) is 0.375. The van der Waals surface area contributed by atoms with Gasteiger partial charge in [-0.1, -0.05) is 35.2 Å². The van der Waals surface area contributed by atoms with E-state index in [0.717, 1.165) is 5.01 Å². The zero-order valence-electron chi connectivity index (χ0n) is 21.1. The van der Waals surface area contributed by atoms with Crippen molar-refractivity contribution in [2.45, 2.75) is 42.3 Å². The van der Waals surface area contributed by atoms with E-state index in [0.29, 0.717) is 27.0 Å². The number of carboxylic acids is 1. The van der Waals surface area contributed by atoms with Crippen LogP contribution >= 0.6 is 46.5 Å². The molecule has 0 spiro atoms. The highest BCUT2D eigenvalue weighted by Crippen LogP contribution is 2.41. The number of nitrogens with one attached hydrogen (secondary N) is 1. The van der Waals surface area contributed by atoms with Crippen LogP contribution in [0.3, 0.4) is 0 Å². The number of esters is 2. The zero-order chi connectivity index (χ0) is 29.0. The maximum Gasteiger partial charge on any atom is 0.352 e. The normalized spacial score (nSPS) is 18.9. The Kier molecular flexibility index (Phi) is 9.71.